The molecule has 1 aromatic heterocycles. The van der Waals surface area contributed by atoms with Gasteiger partial charge in [-0.05, 0) is 20.3 Å². The Labute approximate surface area is 125 Å². The van der Waals surface area contributed by atoms with Crippen LogP contribution in [0.25, 0.3) is 0 Å². The second-order valence-corrected chi connectivity index (χ2v) is 6.05. The van der Waals surface area contributed by atoms with Gasteiger partial charge in [-0.2, -0.15) is 5.10 Å². The fraction of sp³-hybridized carbons (Fsp3) is 0.733. The maximum atomic E-state index is 11.9. The number of nitrogens with zero attached hydrogens (tertiary/aromatic N) is 2. The molecule has 1 unspecified atom stereocenters. The van der Waals surface area contributed by atoms with Crippen LogP contribution < -0.4 is 5.32 Å². The van der Waals surface area contributed by atoms with Crippen LogP contribution in [-0.2, 0) is 20.8 Å². The Morgan fingerprint density at radius 2 is 2.38 bits per heavy atom. The van der Waals surface area contributed by atoms with Crippen LogP contribution in [0, 0.1) is 5.92 Å². The zero-order valence-electron chi connectivity index (χ0n) is 13.3. The van der Waals surface area contributed by atoms with Crippen LogP contribution in [0.4, 0.5) is 5.82 Å². The van der Waals surface area contributed by atoms with E-state index >= 15 is 0 Å². The van der Waals surface area contributed by atoms with E-state index in [2.05, 4.69) is 17.3 Å². The fourth-order valence-corrected chi connectivity index (χ4v) is 2.41. The summed E-state index contributed by atoms with van der Waals surface area (Å²) in [5.41, 5.74) is 0. The van der Waals surface area contributed by atoms with Crippen molar-refractivity contribution in [3.8, 4) is 0 Å². The third-order valence-electron chi connectivity index (χ3n) is 3.52. The Bertz CT molecular complexity index is 484. The summed E-state index contributed by atoms with van der Waals surface area (Å²) in [5.74, 6) is 0.0853. The van der Waals surface area contributed by atoms with Gasteiger partial charge in [0.1, 0.15) is 6.10 Å². The molecule has 2 heterocycles. The highest BCUT2D eigenvalue weighted by Crippen LogP contribution is 2.23. The van der Waals surface area contributed by atoms with E-state index in [0.29, 0.717) is 19.0 Å². The largest absolute Gasteiger partial charge is 0.348 e. The molecular formula is C15H25N3O3. The van der Waals surface area contributed by atoms with E-state index in [-0.39, 0.29) is 17.9 Å². The molecule has 1 N–H and O–H groups in total. The molecule has 1 aliphatic rings. The molecule has 1 amide bonds. The molecule has 118 valence electrons. The minimum absolute atomic E-state index is 0.00696. The zero-order valence-corrected chi connectivity index (χ0v) is 13.3. The number of amides is 1. The zero-order chi connectivity index (χ0) is 15.5. The monoisotopic (exact) mass is 295 g/mol. The number of hydrogen-bond donors (Lipinski definition) is 1. The van der Waals surface area contributed by atoms with Crippen molar-refractivity contribution in [2.24, 2.45) is 5.92 Å². The molecule has 0 aliphatic carbocycles. The second-order valence-electron chi connectivity index (χ2n) is 6.05. The number of aromatic nitrogens is 2. The lowest BCUT2D eigenvalue weighted by atomic mass is 10.1. The molecule has 21 heavy (non-hydrogen) atoms. The Morgan fingerprint density at radius 1 is 1.62 bits per heavy atom. The maximum absolute atomic E-state index is 11.9. The molecule has 2 rings (SSSR count). The lowest BCUT2D eigenvalue weighted by molar-refractivity contribution is -0.139. The topological polar surface area (TPSA) is 65.4 Å². The number of anilines is 1. The summed E-state index contributed by atoms with van der Waals surface area (Å²) < 4.78 is 13.0. The summed E-state index contributed by atoms with van der Waals surface area (Å²) in [6.07, 6.45) is 3.71. The Hall–Kier alpha value is -1.40. The SMILES string of the molecule is CCCC(C)C(=O)Nc1ccn(C[C@@H]2COC(C)(C)O2)n1. The summed E-state index contributed by atoms with van der Waals surface area (Å²) in [5, 5.41) is 7.20. The molecule has 0 saturated carbocycles. The van der Waals surface area contributed by atoms with Crippen LogP contribution in [0.15, 0.2) is 12.3 Å². The van der Waals surface area contributed by atoms with Crippen molar-refractivity contribution < 1.29 is 14.3 Å². The molecule has 1 aromatic rings. The average Bonchev–Trinajstić information content (AvgIpc) is 2.97. The van der Waals surface area contributed by atoms with Gasteiger partial charge in [0.15, 0.2) is 11.6 Å². The maximum Gasteiger partial charge on any atom is 0.228 e. The van der Waals surface area contributed by atoms with Gasteiger partial charge in [-0.15, -0.1) is 0 Å². The second kappa shape index (κ2) is 6.58. The predicted octanol–water partition coefficient (Wildman–Crippen LogP) is 2.41. The first-order valence-corrected chi connectivity index (χ1v) is 7.55. The van der Waals surface area contributed by atoms with Crippen molar-refractivity contribution in [1.29, 1.82) is 0 Å². The van der Waals surface area contributed by atoms with E-state index in [1.165, 1.54) is 0 Å². The van der Waals surface area contributed by atoms with Crippen molar-refractivity contribution in [2.75, 3.05) is 11.9 Å². The number of carbonyl (C=O) groups is 1. The van der Waals surface area contributed by atoms with E-state index in [1.807, 2.05) is 27.0 Å². The van der Waals surface area contributed by atoms with E-state index in [9.17, 15) is 4.79 Å². The van der Waals surface area contributed by atoms with Crippen LogP contribution >= 0.6 is 0 Å². The van der Waals surface area contributed by atoms with Crippen molar-refractivity contribution in [1.82, 2.24) is 9.78 Å². The minimum Gasteiger partial charge on any atom is -0.348 e. The van der Waals surface area contributed by atoms with Gasteiger partial charge in [0.25, 0.3) is 0 Å². The molecule has 1 aliphatic heterocycles. The van der Waals surface area contributed by atoms with E-state index in [4.69, 9.17) is 9.47 Å². The van der Waals surface area contributed by atoms with Crippen LogP contribution in [0.3, 0.4) is 0 Å². The summed E-state index contributed by atoms with van der Waals surface area (Å²) in [6.45, 7) is 8.98. The van der Waals surface area contributed by atoms with Crippen molar-refractivity contribution >= 4 is 11.7 Å². The Morgan fingerprint density at radius 3 is 3.00 bits per heavy atom. The summed E-state index contributed by atoms with van der Waals surface area (Å²) >= 11 is 0. The standard InChI is InChI=1S/C15H25N3O3/c1-5-6-11(2)14(19)16-13-7-8-18(17-13)9-12-10-20-15(3,4)21-12/h7-8,11-12H,5-6,9-10H2,1-4H3,(H,16,17,19)/t11?,12-/m1/s1. The van der Waals surface area contributed by atoms with Crippen LogP contribution in [0.1, 0.15) is 40.5 Å². The first-order valence-electron chi connectivity index (χ1n) is 7.55. The molecule has 0 aromatic carbocycles. The highest BCUT2D eigenvalue weighted by atomic mass is 16.7. The highest BCUT2D eigenvalue weighted by Gasteiger charge is 2.32. The Balaban J connectivity index is 1.86. The number of nitrogens with one attached hydrogen (secondary N) is 1. The molecule has 6 heteroatoms. The van der Waals surface area contributed by atoms with E-state index in [0.717, 1.165) is 12.8 Å². The minimum atomic E-state index is -0.523. The summed E-state index contributed by atoms with van der Waals surface area (Å²) in [4.78, 5) is 11.9. The smallest absolute Gasteiger partial charge is 0.228 e. The van der Waals surface area contributed by atoms with E-state index < -0.39 is 5.79 Å². The van der Waals surface area contributed by atoms with Gasteiger partial charge >= 0.3 is 0 Å². The third-order valence-corrected chi connectivity index (χ3v) is 3.52. The molecule has 2 atom stereocenters. The van der Waals surface area contributed by atoms with Gasteiger partial charge in [0, 0.05) is 18.2 Å². The molecular weight excluding hydrogens is 270 g/mol. The van der Waals surface area contributed by atoms with Crippen LogP contribution in [0.2, 0.25) is 0 Å². The number of carbonyl (C=O) groups excluding carboxylic acids is 1. The quantitative estimate of drug-likeness (QED) is 0.875. The van der Waals surface area contributed by atoms with Gasteiger partial charge in [-0.1, -0.05) is 20.3 Å². The fourth-order valence-electron chi connectivity index (χ4n) is 2.41. The predicted molar refractivity (Wildman–Crippen MR) is 79.8 cm³/mol. The van der Waals surface area contributed by atoms with Crippen LogP contribution in [-0.4, -0.2) is 34.2 Å². The molecule has 0 spiro atoms. The van der Waals surface area contributed by atoms with Gasteiger partial charge < -0.3 is 14.8 Å². The van der Waals surface area contributed by atoms with Gasteiger partial charge in [0.05, 0.1) is 13.2 Å². The number of ether oxygens (including phenoxy) is 2. The summed E-state index contributed by atoms with van der Waals surface area (Å²) in [6, 6.07) is 1.80. The van der Waals surface area contributed by atoms with Gasteiger partial charge in [-0.25, -0.2) is 0 Å². The number of hydrogen-bond acceptors (Lipinski definition) is 4. The van der Waals surface area contributed by atoms with E-state index in [1.54, 1.807) is 10.7 Å². The number of rotatable bonds is 6. The van der Waals surface area contributed by atoms with Crippen molar-refractivity contribution in [3.63, 3.8) is 0 Å². The molecule has 1 saturated heterocycles. The summed E-state index contributed by atoms with van der Waals surface area (Å²) in [7, 11) is 0. The first-order chi connectivity index (χ1) is 9.89. The van der Waals surface area contributed by atoms with Crippen molar-refractivity contribution in [2.45, 2.75) is 59.0 Å². The molecule has 0 radical (unpaired) electrons. The molecule has 0 bridgehead atoms. The lowest BCUT2D eigenvalue weighted by Gasteiger charge is -2.16. The average molecular weight is 295 g/mol. The van der Waals surface area contributed by atoms with Gasteiger partial charge in [-0.3, -0.25) is 9.48 Å². The van der Waals surface area contributed by atoms with Crippen LogP contribution in [0.5, 0.6) is 0 Å². The third kappa shape index (κ3) is 4.54. The normalized spacial score (nSPS) is 22.2. The first kappa shape index (κ1) is 16.0. The molecule has 1 fully saturated rings. The molecule has 6 nitrogen and oxygen atoms in total. The van der Waals surface area contributed by atoms with Gasteiger partial charge in [0.2, 0.25) is 5.91 Å². The van der Waals surface area contributed by atoms with Crippen molar-refractivity contribution in [3.05, 3.63) is 12.3 Å². The Kier molecular flexibility index (Phi) is 5.00. The lowest BCUT2D eigenvalue weighted by Crippen LogP contribution is -2.24. The highest BCUT2D eigenvalue weighted by molar-refractivity contribution is 5.91.